The molecule has 2 aliphatic rings. The molecule has 0 aromatic heterocycles. The molecule has 3 aromatic carbocycles. The van der Waals surface area contributed by atoms with Crippen LogP contribution in [0.3, 0.4) is 0 Å². The van der Waals surface area contributed by atoms with Crippen LogP contribution in [-0.2, 0) is 10.2 Å². The Balaban J connectivity index is 1.85. The van der Waals surface area contributed by atoms with Crippen molar-refractivity contribution in [1.29, 1.82) is 0 Å². The first kappa shape index (κ1) is 12.1. The van der Waals surface area contributed by atoms with Crippen molar-refractivity contribution in [2.45, 2.75) is 11.3 Å². The fraction of sp³-hybridized carbons (Fsp3) is 0.150. The van der Waals surface area contributed by atoms with Gasteiger partial charge in [-0.3, -0.25) is 0 Å². The summed E-state index contributed by atoms with van der Waals surface area (Å²) in [6, 6.07) is 19.2. The first-order valence-corrected chi connectivity index (χ1v) is 7.52. The van der Waals surface area contributed by atoms with E-state index in [2.05, 4.69) is 36.4 Å². The van der Waals surface area contributed by atoms with E-state index in [1.165, 1.54) is 34.0 Å². The zero-order valence-electron chi connectivity index (χ0n) is 11.8. The molecule has 3 aromatic rings. The topological polar surface area (TPSA) is 17.1 Å². The fourth-order valence-electron chi connectivity index (χ4n) is 4.61. The lowest BCUT2D eigenvalue weighted by Crippen LogP contribution is -2.12. The molecule has 5 rings (SSSR count). The molecule has 0 unspecified atom stereocenters. The molecule has 0 amide bonds. The van der Waals surface area contributed by atoms with Crippen LogP contribution in [0.2, 0.25) is 0 Å². The van der Waals surface area contributed by atoms with Crippen LogP contribution in [-0.4, -0.2) is 6.29 Å². The minimum Gasteiger partial charge on any atom is -0.303 e. The molecule has 0 radical (unpaired) electrons. The van der Waals surface area contributed by atoms with Crippen molar-refractivity contribution in [2.75, 3.05) is 0 Å². The largest absolute Gasteiger partial charge is 0.303 e. The minimum absolute atomic E-state index is 0.0431. The first-order chi connectivity index (χ1) is 10.8. The minimum atomic E-state index is -0.293. The lowest BCUT2D eigenvalue weighted by atomic mass is 9.85. The number of benzene rings is 3. The lowest BCUT2D eigenvalue weighted by Gasteiger charge is -2.17. The highest BCUT2D eigenvalue weighted by Crippen LogP contribution is 2.73. The molecule has 0 aliphatic heterocycles. The number of halogens is 1. The monoisotopic (exact) mass is 288 g/mol. The summed E-state index contributed by atoms with van der Waals surface area (Å²) in [7, 11) is 0. The summed E-state index contributed by atoms with van der Waals surface area (Å²) in [6.45, 7) is 0. The van der Waals surface area contributed by atoms with Gasteiger partial charge in [0.1, 0.15) is 12.1 Å². The Kier molecular flexibility index (Phi) is 2.11. The van der Waals surface area contributed by atoms with Crippen molar-refractivity contribution >= 4 is 17.1 Å². The number of carbonyl (C=O) groups is 1. The molecule has 3 atom stereocenters. The van der Waals surface area contributed by atoms with E-state index in [-0.39, 0.29) is 23.1 Å². The standard InChI is InChI=1S/C20H13FO/c21-14-9-7-13(8-10-14)20-16-6-2-4-12-3-1-5-15(18(12)16)19(20)17(20)11-22/h1-11,17,19H/t17-,19-,20+/m0/s1. The summed E-state index contributed by atoms with van der Waals surface area (Å²) >= 11 is 0. The average Bonchev–Trinajstić information content (AvgIpc) is 3.15. The van der Waals surface area contributed by atoms with E-state index in [0.717, 1.165) is 11.8 Å². The molecule has 0 saturated heterocycles. The van der Waals surface area contributed by atoms with E-state index in [9.17, 15) is 9.18 Å². The van der Waals surface area contributed by atoms with E-state index in [4.69, 9.17) is 0 Å². The Bertz CT molecular complexity index is 923. The Hall–Kier alpha value is -2.48. The number of rotatable bonds is 2. The maximum absolute atomic E-state index is 13.3. The molecule has 2 heteroatoms. The molecule has 1 saturated carbocycles. The Morgan fingerprint density at radius 2 is 1.68 bits per heavy atom. The van der Waals surface area contributed by atoms with E-state index >= 15 is 0 Å². The van der Waals surface area contributed by atoms with Crippen molar-refractivity contribution in [3.63, 3.8) is 0 Å². The molecular weight excluding hydrogens is 275 g/mol. The molecule has 1 fully saturated rings. The van der Waals surface area contributed by atoms with Gasteiger partial charge >= 0.3 is 0 Å². The summed E-state index contributed by atoms with van der Waals surface area (Å²) in [5.74, 6) is -0.0938. The SMILES string of the molecule is O=C[C@H]1[C@@H]2c3cccc4cccc(c34)[C@]12c1ccc(F)cc1. The smallest absolute Gasteiger partial charge is 0.124 e. The van der Waals surface area contributed by atoms with Crippen LogP contribution in [0.5, 0.6) is 0 Å². The molecule has 0 heterocycles. The van der Waals surface area contributed by atoms with Crippen LogP contribution < -0.4 is 0 Å². The third-order valence-electron chi connectivity index (χ3n) is 5.45. The van der Waals surface area contributed by atoms with Crippen LogP contribution in [0, 0.1) is 11.7 Å². The highest BCUT2D eigenvalue weighted by Gasteiger charge is 2.70. The van der Waals surface area contributed by atoms with Crippen LogP contribution in [0.1, 0.15) is 22.6 Å². The van der Waals surface area contributed by atoms with Gasteiger partial charge in [-0.1, -0.05) is 48.5 Å². The van der Waals surface area contributed by atoms with E-state index in [1.54, 1.807) is 0 Å². The predicted octanol–water partition coefficient (Wildman–Crippen LogP) is 4.19. The third-order valence-corrected chi connectivity index (χ3v) is 5.45. The molecule has 2 aliphatic carbocycles. The van der Waals surface area contributed by atoms with Crippen molar-refractivity contribution in [3.8, 4) is 0 Å². The lowest BCUT2D eigenvalue weighted by molar-refractivity contribution is -0.109. The summed E-state index contributed by atoms with van der Waals surface area (Å²) in [4.78, 5) is 11.7. The van der Waals surface area contributed by atoms with E-state index in [1.807, 2.05) is 12.1 Å². The number of hydrogen-bond acceptors (Lipinski definition) is 1. The third kappa shape index (κ3) is 1.19. The molecular formula is C20H13FO. The van der Waals surface area contributed by atoms with Crippen molar-refractivity contribution in [2.24, 2.45) is 5.92 Å². The number of aldehydes is 1. The molecule has 22 heavy (non-hydrogen) atoms. The van der Waals surface area contributed by atoms with E-state index in [0.29, 0.717) is 0 Å². The van der Waals surface area contributed by atoms with Crippen LogP contribution in [0.4, 0.5) is 4.39 Å². The molecule has 0 bridgehead atoms. The van der Waals surface area contributed by atoms with Gasteiger partial charge in [-0.2, -0.15) is 0 Å². The zero-order valence-corrected chi connectivity index (χ0v) is 11.8. The van der Waals surface area contributed by atoms with Gasteiger partial charge in [0.2, 0.25) is 0 Å². The molecule has 106 valence electrons. The highest BCUT2D eigenvalue weighted by atomic mass is 19.1. The van der Waals surface area contributed by atoms with E-state index < -0.39 is 0 Å². The van der Waals surface area contributed by atoms with Crippen molar-refractivity contribution in [3.05, 3.63) is 83.2 Å². The quantitative estimate of drug-likeness (QED) is 0.646. The van der Waals surface area contributed by atoms with Gasteiger partial charge in [0, 0.05) is 17.3 Å². The van der Waals surface area contributed by atoms with Gasteiger partial charge in [-0.15, -0.1) is 0 Å². The average molecular weight is 288 g/mol. The van der Waals surface area contributed by atoms with Gasteiger partial charge < -0.3 is 4.79 Å². The van der Waals surface area contributed by atoms with Crippen molar-refractivity contribution < 1.29 is 9.18 Å². The summed E-state index contributed by atoms with van der Waals surface area (Å²) < 4.78 is 13.3. The first-order valence-electron chi connectivity index (χ1n) is 7.52. The van der Waals surface area contributed by atoms with Crippen LogP contribution in [0.15, 0.2) is 60.7 Å². The number of carbonyl (C=O) groups excluding carboxylic acids is 1. The molecule has 0 N–H and O–H groups in total. The zero-order chi connectivity index (χ0) is 14.9. The van der Waals surface area contributed by atoms with Gasteiger partial charge in [0.15, 0.2) is 0 Å². The number of fused-ring (bicyclic) bond motifs is 3. The predicted molar refractivity (Wildman–Crippen MR) is 83.4 cm³/mol. The highest BCUT2D eigenvalue weighted by molar-refractivity contribution is 5.99. The number of hydrogen-bond donors (Lipinski definition) is 0. The molecule has 1 nitrogen and oxygen atoms in total. The normalized spacial score (nSPS) is 27.7. The Labute approximate surface area is 127 Å². The Morgan fingerprint density at radius 3 is 2.41 bits per heavy atom. The second-order valence-corrected chi connectivity index (χ2v) is 6.27. The fourth-order valence-corrected chi connectivity index (χ4v) is 4.61. The molecule has 0 spiro atoms. The summed E-state index contributed by atoms with van der Waals surface area (Å²) in [5.41, 5.74) is 3.22. The Morgan fingerprint density at radius 1 is 0.955 bits per heavy atom. The maximum Gasteiger partial charge on any atom is 0.124 e. The van der Waals surface area contributed by atoms with Crippen LogP contribution in [0.25, 0.3) is 10.8 Å². The second-order valence-electron chi connectivity index (χ2n) is 6.27. The van der Waals surface area contributed by atoms with Crippen molar-refractivity contribution in [1.82, 2.24) is 0 Å². The van der Waals surface area contributed by atoms with Crippen LogP contribution >= 0.6 is 0 Å². The summed E-state index contributed by atoms with van der Waals surface area (Å²) in [6.07, 6.45) is 1.07. The second kappa shape index (κ2) is 3.83. The van der Waals surface area contributed by atoms with Gasteiger partial charge in [-0.05, 0) is 39.6 Å². The maximum atomic E-state index is 13.3. The van der Waals surface area contributed by atoms with Gasteiger partial charge in [-0.25, -0.2) is 4.39 Å². The van der Waals surface area contributed by atoms with Gasteiger partial charge in [0.25, 0.3) is 0 Å². The van der Waals surface area contributed by atoms with Gasteiger partial charge in [0.05, 0.1) is 0 Å². The summed E-state index contributed by atoms with van der Waals surface area (Å²) in [5, 5.41) is 2.49.